The van der Waals surface area contributed by atoms with Crippen LogP contribution >= 0.6 is 0 Å². The number of ether oxygens (including phenoxy) is 1. The zero-order valence-corrected chi connectivity index (χ0v) is 14.5. The summed E-state index contributed by atoms with van der Waals surface area (Å²) in [6.45, 7) is 3.97. The first kappa shape index (κ1) is 16.7. The number of hydrogen-bond acceptors (Lipinski definition) is 3. The van der Waals surface area contributed by atoms with Crippen LogP contribution in [-0.2, 0) is 0 Å². The molecule has 0 saturated heterocycles. The van der Waals surface area contributed by atoms with Gasteiger partial charge >= 0.3 is 0 Å². The molecule has 126 valence electrons. The third-order valence-corrected chi connectivity index (χ3v) is 4.04. The number of hydrogen-bond donors (Lipinski definition) is 1. The van der Waals surface area contributed by atoms with Gasteiger partial charge in [-0.2, -0.15) is 0 Å². The van der Waals surface area contributed by atoms with Crippen LogP contribution in [0.4, 0.5) is 5.69 Å². The molecule has 25 heavy (non-hydrogen) atoms. The highest BCUT2D eigenvalue weighted by atomic mass is 16.5. The second kappa shape index (κ2) is 7.18. The van der Waals surface area contributed by atoms with E-state index in [0.717, 1.165) is 33.7 Å². The third-order valence-electron chi connectivity index (χ3n) is 4.04. The van der Waals surface area contributed by atoms with Crippen LogP contribution in [0.3, 0.4) is 0 Å². The Morgan fingerprint density at radius 2 is 1.84 bits per heavy atom. The van der Waals surface area contributed by atoms with Crippen molar-refractivity contribution in [2.24, 2.45) is 0 Å². The van der Waals surface area contributed by atoms with Crippen LogP contribution in [0.1, 0.15) is 21.5 Å². The lowest BCUT2D eigenvalue weighted by Crippen LogP contribution is -2.13. The maximum Gasteiger partial charge on any atom is 0.257 e. The number of methoxy groups -OCH3 is 1. The van der Waals surface area contributed by atoms with Crippen LogP contribution in [0.15, 0.2) is 60.9 Å². The van der Waals surface area contributed by atoms with Gasteiger partial charge in [0.15, 0.2) is 0 Å². The molecule has 3 aromatic rings. The smallest absolute Gasteiger partial charge is 0.257 e. The SMILES string of the molecule is COc1cccc(-c2cncc(C(=O)Nc3cc(C)ccc3C)c2)c1. The fraction of sp³-hybridized carbons (Fsp3) is 0.143. The summed E-state index contributed by atoms with van der Waals surface area (Å²) in [6.07, 6.45) is 3.31. The molecule has 0 radical (unpaired) electrons. The van der Waals surface area contributed by atoms with Crippen molar-refractivity contribution < 1.29 is 9.53 Å². The van der Waals surface area contributed by atoms with Crippen LogP contribution < -0.4 is 10.1 Å². The molecule has 0 aliphatic carbocycles. The topological polar surface area (TPSA) is 51.2 Å². The van der Waals surface area contributed by atoms with Crippen molar-refractivity contribution in [1.29, 1.82) is 0 Å². The Morgan fingerprint density at radius 3 is 2.64 bits per heavy atom. The van der Waals surface area contributed by atoms with Gasteiger partial charge in [-0.25, -0.2) is 0 Å². The largest absolute Gasteiger partial charge is 0.497 e. The van der Waals surface area contributed by atoms with Crippen LogP contribution in [0.25, 0.3) is 11.1 Å². The van der Waals surface area contributed by atoms with Gasteiger partial charge in [0, 0.05) is 23.6 Å². The molecular formula is C21H20N2O2. The number of carbonyl (C=O) groups is 1. The van der Waals surface area contributed by atoms with E-state index in [1.807, 2.05) is 62.4 Å². The maximum atomic E-state index is 12.6. The van der Waals surface area contributed by atoms with E-state index in [2.05, 4.69) is 10.3 Å². The van der Waals surface area contributed by atoms with Crippen LogP contribution in [0, 0.1) is 13.8 Å². The van der Waals surface area contributed by atoms with Gasteiger partial charge in [0.05, 0.1) is 12.7 Å². The number of pyridine rings is 1. The summed E-state index contributed by atoms with van der Waals surface area (Å²) in [6, 6.07) is 15.5. The molecule has 4 heteroatoms. The molecular weight excluding hydrogens is 312 g/mol. The van der Waals surface area contributed by atoms with Crippen molar-refractivity contribution in [3.8, 4) is 16.9 Å². The molecule has 2 aromatic carbocycles. The summed E-state index contributed by atoms with van der Waals surface area (Å²) < 4.78 is 5.26. The Labute approximate surface area is 147 Å². The van der Waals surface area contributed by atoms with Crippen LogP contribution in [0.2, 0.25) is 0 Å². The van der Waals surface area contributed by atoms with E-state index in [1.165, 1.54) is 0 Å². The van der Waals surface area contributed by atoms with E-state index < -0.39 is 0 Å². The number of nitrogens with one attached hydrogen (secondary N) is 1. The Bertz CT molecular complexity index is 919. The van der Waals surface area contributed by atoms with Crippen molar-refractivity contribution in [2.75, 3.05) is 12.4 Å². The molecule has 1 N–H and O–H groups in total. The van der Waals surface area contributed by atoms with Crippen molar-refractivity contribution in [2.45, 2.75) is 13.8 Å². The van der Waals surface area contributed by atoms with Gasteiger partial charge in [0.2, 0.25) is 0 Å². The van der Waals surface area contributed by atoms with Crippen molar-refractivity contribution in [3.63, 3.8) is 0 Å². The fourth-order valence-electron chi connectivity index (χ4n) is 2.59. The molecule has 0 fully saturated rings. The maximum absolute atomic E-state index is 12.6. The van der Waals surface area contributed by atoms with Crippen molar-refractivity contribution in [3.05, 3.63) is 77.6 Å². The van der Waals surface area contributed by atoms with Gasteiger partial charge in [0.25, 0.3) is 5.91 Å². The lowest BCUT2D eigenvalue weighted by Gasteiger charge is -2.10. The second-order valence-corrected chi connectivity index (χ2v) is 5.97. The van der Waals surface area contributed by atoms with E-state index in [4.69, 9.17) is 4.74 Å². The average Bonchev–Trinajstić information content (AvgIpc) is 2.65. The van der Waals surface area contributed by atoms with E-state index in [-0.39, 0.29) is 5.91 Å². The molecule has 4 nitrogen and oxygen atoms in total. The molecule has 0 atom stereocenters. The Hall–Kier alpha value is -3.14. The van der Waals surface area contributed by atoms with E-state index in [0.29, 0.717) is 5.56 Å². The summed E-state index contributed by atoms with van der Waals surface area (Å²) in [5, 5.41) is 2.96. The lowest BCUT2D eigenvalue weighted by molar-refractivity contribution is 0.102. The first-order valence-electron chi connectivity index (χ1n) is 8.05. The number of rotatable bonds is 4. The highest BCUT2D eigenvalue weighted by Crippen LogP contribution is 2.24. The predicted molar refractivity (Wildman–Crippen MR) is 100 cm³/mol. The number of benzene rings is 2. The van der Waals surface area contributed by atoms with Crippen molar-refractivity contribution >= 4 is 11.6 Å². The molecule has 0 aliphatic rings. The van der Waals surface area contributed by atoms with Gasteiger partial charge < -0.3 is 10.1 Å². The van der Waals surface area contributed by atoms with E-state index >= 15 is 0 Å². The zero-order chi connectivity index (χ0) is 17.8. The molecule has 1 heterocycles. The quantitative estimate of drug-likeness (QED) is 0.758. The monoisotopic (exact) mass is 332 g/mol. The first-order valence-corrected chi connectivity index (χ1v) is 8.05. The fourth-order valence-corrected chi connectivity index (χ4v) is 2.59. The Morgan fingerprint density at radius 1 is 1.00 bits per heavy atom. The Balaban J connectivity index is 1.88. The molecule has 1 amide bonds. The molecule has 0 saturated carbocycles. The minimum Gasteiger partial charge on any atom is -0.497 e. The molecule has 1 aromatic heterocycles. The summed E-state index contributed by atoms with van der Waals surface area (Å²) in [5.41, 5.74) is 5.28. The number of amides is 1. The van der Waals surface area contributed by atoms with Crippen molar-refractivity contribution in [1.82, 2.24) is 4.98 Å². The standard InChI is InChI=1S/C21H20N2O2/c1-14-7-8-15(2)20(9-14)23-21(24)18-10-17(12-22-13-18)16-5-4-6-19(11-16)25-3/h4-13H,1-3H3,(H,23,24). The van der Waals surface area contributed by atoms with E-state index in [1.54, 1.807) is 19.5 Å². The van der Waals surface area contributed by atoms with Gasteiger partial charge in [-0.3, -0.25) is 9.78 Å². The number of carbonyl (C=O) groups excluding carboxylic acids is 1. The van der Waals surface area contributed by atoms with Gasteiger partial charge in [-0.05, 0) is 54.8 Å². The lowest BCUT2D eigenvalue weighted by atomic mass is 10.1. The Kier molecular flexibility index (Phi) is 4.80. The van der Waals surface area contributed by atoms with Gasteiger partial charge in [0.1, 0.15) is 5.75 Å². The molecule has 0 aliphatic heterocycles. The summed E-state index contributed by atoms with van der Waals surface area (Å²) in [7, 11) is 1.63. The summed E-state index contributed by atoms with van der Waals surface area (Å²) in [4.78, 5) is 16.8. The summed E-state index contributed by atoms with van der Waals surface area (Å²) in [5.74, 6) is 0.591. The minimum atomic E-state index is -0.175. The highest BCUT2D eigenvalue weighted by Gasteiger charge is 2.10. The molecule has 0 bridgehead atoms. The van der Waals surface area contributed by atoms with Gasteiger partial charge in [-0.15, -0.1) is 0 Å². The van der Waals surface area contributed by atoms with Gasteiger partial charge in [-0.1, -0.05) is 24.3 Å². The van der Waals surface area contributed by atoms with Crippen LogP contribution in [0.5, 0.6) is 5.75 Å². The van der Waals surface area contributed by atoms with E-state index in [9.17, 15) is 4.79 Å². The average molecular weight is 332 g/mol. The highest BCUT2D eigenvalue weighted by molar-refractivity contribution is 6.05. The molecule has 3 rings (SSSR count). The number of aryl methyl sites for hydroxylation is 2. The third kappa shape index (κ3) is 3.86. The minimum absolute atomic E-state index is 0.175. The normalized spacial score (nSPS) is 10.4. The first-order chi connectivity index (χ1) is 12.1. The molecule has 0 unspecified atom stereocenters. The number of aromatic nitrogens is 1. The summed E-state index contributed by atoms with van der Waals surface area (Å²) >= 11 is 0. The number of anilines is 1. The number of nitrogens with zero attached hydrogens (tertiary/aromatic N) is 1. The molecule has 0 spiro atoms. The van der Waals surface area contributed by atoms with Crippen LogP contribution in [-0.4, -0.2) is 18.0 Å². The predicted octanol–water partition coefficient (Wildman–Crippen LogP) is 4.63. The zero-order valence-electron chi connectivity index (χ0n) is 14.5. The second-order valence-electron chi connectivity index (χ2n) is 5.97.